The second-order valence-electron chi connectivity index (χ2n) is 2.09. The summed E-state index contributed by atoms with van der Waals surface area (Å²) in [6, 6.07) is 0. The summed E-state index contributed by atoms with van der Waals surface area (Å²) in [4.78, 5) is 10.7. The molecule has 3 nitrogen and oxygen atoms in total. The second kappa shape index (κ2) is 5.56. The Morgan fingerprint density at radius 2 is 2.40 bits per heavy atom. The van der Waals surface area contributed by atoms with Crippen molar-refractivity contribution in [2.75, 3.05) is 18.6 Å². The molecule has 0 aliphatic carbocycles. The van der Waals surface area contributed by atoms with E-state index in [9.17, 15) is 4.79 Å². The first-order valence-corrected chi connectivity index (χ1v) is 4.50. The zero-order valence-corrected chi connectivity index (χ0v) is 7.07. The molecule has 0 radical (unpaired) electrons. The predicted octanol–water partition coefficient (Wildman–Crippen LogP) is -0.154. The van der Waals surface area contributed by atoms with Crippen LogP contribution in [0.4, 0.5) is 0 Å². The molecule has 0 unspecified atom stereocenters. The van der Waals surface area contributed by atoms with E-state index in [2.05, 4.69) is 5.32 Å². The van der Waals surface area contributed by atoms with E-state index in [4.69, 9.17) is 5.11 Å². The molecule has 0 saturated heterocycles. The van der Waals surface area contributed by atoms with Crippen molar-refractivity contribution >= 4 is 17.7 Å². The summed E-state index contributed by atoms with van der Waals surface area (Å²) in [6.07, 6.45) is 1.41. The fraction of sp³-hybridized carbons (Fsp3) is 0.833. The van der Waals surface area contributed by atoms with E-state index in [0.29, 0.717) is 12.3 Å². The molecule has 0 aromatic rings. The second-order valence-corrected chi connectivity index (χ2v) is 2.95. The normalized spacial score (nSPS) is 12.7. The van der Waals surface area contributed by atoms with Gasteiger partial charge in [0.25, 0.3) is 0 Å². The molecule has 2 N–H and O–H groups in total. The molecule has 1 atom stereocenters. The number of nitrogens with one attached hydrogen (secondary N) is 1. The number of carbonyl (C=O) groups excluding carboxylic acids is 1. The highest BCUT2D eigenvalue weighted by atomic mass is 32.2. The average molecular weight is 163 g/mol. The molecule has 0 heterocycles. The van der Waals surface area contributed by atoms with Gasteiger partial charge in [0.2, 0.25) is 5.91 Å². The lowest BCUT2D eigenvalue weighted by Gasteiger charge is -2.04. The van der Waals surface area contributed by atoms with Gasteiger partial charge < -0.3 is 10.4 Å². The van der Waals surface area contributed by atoms with E-state index in [1.54, 1.807) is 6.92 Å². The van der Waals surface area contributed by atoms with Gasteiger partial charge in [-0.2, -0.15) is 11.8 Å². The number of aliphatic hydroxyl groups excluding tert-OH is 1. The largest absolute Gasteiger partial charge is 0.392 e. The molecule has 4 heteroatoms. The summed E-state index contributed by atoms with van der Waals surface area (Å²) in [5.41, 5.74) is 0. The molecule has 1 amide bonds. The van der Waals surface area contributed by atoms with Gasteiger partial charge in [0.05, 0.1) is 11.9 Å². The highest BCUT2D eigenvalue weighted by molar-refractivity contribution is 7.99. The van der Waals surface area contributed by atoms with Gasteiger partial charge in [-0.1, -0.05) is 0 Å². The van der Waals surface area contributed by atoms with Gasteiger partial charge in [0.15, 0.2) is 0 Å². The van der Waals surface area contributed by atoms with Crippen molar-refractivity contribution in [1.29, 1.82) is 0 Å². The van der Waals surface area contributed by atoms with Crippen molar-refractivity contribution in [3.63, 3.8) is 0 Å². The maximum atomic E-state index is 10.7. The number of carbonyl (C=O) groups is 1. The first-order valence-electron chi connectivity index (χ1n) is 3.10. The summed E-state index contributed by atoms with van der Waals surface area (Å²) in [7, 11) is 0. The summed E-state index contributed by atoms with van der Waals surface area (Å²) >= 11 is 1.47. The van der Waals surface area contributed by atoms with Crippen LogP contribution in [0.3, 0.4) is 0 Å². The molecule has 0 saturated carbocycles. The van der Waals surface area contributed by atoms with Crippen molar-refractivity contribution in [2.45, 2.75) is 13.0 Å². The number of hydrogen-bond donors (Lipinski definition) is 2. The molecule has 0 aromatic heterocycles. The van der Waals surface area contributed by atoms with Crippen LogP contribution >= 0.6 is 11.8 Å². The molecule has 60 valence electrons. The fourth-order valence-electron chi connectivity index (χ4n) is 0.444. The fourth-order valence-corrected chi connectivity index (χ4v) is 0.808. The summed E-state index contributed by atoms with van der Waals surface area (Å²) in [5, 5.41) is 11.3. The topological polar surface area (TPSA) is 49.3 Å². The minimum Gasteiger partial charge on any atom is -0.392 e. The van der Waals surface area contributed by atoms with E-state index in [0.717, 1.165) is 0 Å². The van der Waals surface area contributed by atoms with Crippen LogP contribution in [0.5, 0.6) is 0 Å². The van der Waals surface area contributed by atoms with Crippen LogP contribution in [-0.4, -0.2) is 35.7 Å². The number of rotatable bonds is 4. The summed E-state index contributed by atoms with van der Waals surface area (Å²) in [5.74, 6) is 0.445. The highest BCUT2D eigenvalue weighted by Crippen LogP contribution is 1.88. The Balaban J connectivity index is 3.22. The quantitative estimate of drug-likeness (QED) is 0.606. The van der Waals surface area contributed by atoms with E-state index in [1.807, 2.05) is 6.26 Å². The molecule has 0 spiro atoms. The molecule has 0 bridgehead atoms. The first-order chi connectivity index (χ1) is 4.66. The molecule has 0 aliphatic heterocycles. The van der Waals surface area contributed by atoms with Crippen LogP contribution < -0.4 is 5.32 Å². The van der Waals surface area contributed by atoms with Crippen molar-refractivity contribution in [3.8, 4) is 0 Å². The van der Waals surface area contributed by atoms with Crippen LogP contribution in [-0.2, 0) is 4.79 Å². The van der Waals surface area contributed by atoms with Crippen molar-refractivity contribution in [1.82, 2.24) is 5.32 Å². The maximum Gasteiger partial charge on any atom is 0.230 e. The SMILES string of the molecule is CSCC(=O)NC[C@@H](C)O. The molecule has 0 rings (SSSR count). The van der Waals surface area contributed by atoms with Gasteiger partial charge in [0.1, 0.15) is 0 Å². The van der Waals surface area contributed by atoms with Gasteiger partial charge >= 0.3 is 0 Å². The third-order valence-corrected chi connectivity index (χ3v) is 1.42. The van der Waals surface area contributed by atoms with Crippen LogP contribution in [0.15, 0.2) is 0 Å². The van der Waals surface area contributed by atoms with Gasteiger partial charge in [-0.15, -0.1) is 0 Å². The van der Waals surface area contributed by atoms with E-state index >= 15 is 0 Å². The van der Waals surface area contributed by atoms with Crippen LogP contribution in [0.2, 0.25) is 0 Å². The van der Waals surface area contributed by atoms with Gasteiger partial charge in [-0.3, -0.25) is 4.79 Å². The number of aliphatic hydroxyl groups is 1. The minimum atomic E-state index is -0.453. The number of thioether (sulfide) groups is 1. The van der Waals surface area contributed by atoms with E-state index in [-0.39, 0.29) is 5.91 Å². The van der Waals surface area contributed by atoms with E-state index in [1.165, 1.54) is 11.8 Å². The molecular formula is C6H13NO2S. The molecule has 0 aromatic carbocycles. The third-order valence-electron chi connectivity index (χ3n) is 0.870. The highest BCUT2D eigenvalue weighted by Gasteiger charge is 1.99. The average Bonchev–Trinajstić information content (AvgIpc) is 1.85. The number of amides is 1. The van der Waals surface area contributed by atoms with Crippen LogP contribution in [0.1, 0.15) is 6.92 Å². The van der Waals surface area contributed by atoms with Gasteiger partial charge in [-0.05, 0) is 13.2 Å². The lowest BCUT2D eigenvalue weighted by atomic mass is 10.4. The smallest absolute Gasteiger partial charge is 0.230 e. The first kappa shape index (κ1) is 9.78. The van der Waals surface area contributed by atoms with Gasteiger partial charge in [-0.25, -0.2) is 0 Å². The molecule has 0 aliphatic rings. The summed E-state index contributed by atoms with van der Waals surface area (Å²) < 4.78 is 0. The van der Waals surface area contributed by atoms with Crippen molar-refractivity contribution < 1.29 is 9.90 Å². The molecular weight excluding hydrogens is 150 g/mol. The predicted molar refractivity (Wildman–Crippen MR) is 43.1 cm³/mol. The Morgan fingerprint density at radius 3 is 2.80 bits per heavy atom. The van der Waals surface area contributed by atoms with Gasteiger partial charge in [0, 0.05) is 6.54 Å². The maximum absolute atomic E-state index is 10.7. The van der Waals surface area contributed by atoms with Crippen molar-refractivity contribution in [2.24, 2.45) is 0 Å². The Bertz CT molecular complexity index is 106. The standard InChI is InChI=1S/C6H13NO2S/c1-5(8)3-7-6(9)4-10-2/h5,8H,3-4H2,1-2H3,(H,7,9)/t5-/m1/s1. The Kier molecular flexibility index (Phi) is 5.43. The van der Waals surface area contributed by atoms with Crippen LogP contribution in [0.25, 0.3) is 0 Å². The monoisotopic (exact) mass is 163 g/mol. The summed E-state index contributed by atoms with van der Waals surface area (Å²) in [6.45, 7) is 1.98. The lowest BCUT2D eigenvalue weighted by molar-refractivity contribution is -0.118. The Labute approximate surface area is 65.2 Å². The van der Waals surface area contributed by atoms with E-state index < -0.39 is 6.10 Å². The molecule has 10 heavy (non-hydrogen) atoms. The Morgan fingerprint density at radius 1 is 1.80 bits per heavy atom. The zero-order valence-electron chi connectivity index (χ0n) is 6.26. The third kappa shape index (κ3) is 5.91. The number of hydrogen-bond acceptors (Lipinski definition) is 3. The Hall–Kier alpha value is -0.220. The lowest BCUT2D eigenvalue weighted by Crippen LogP contribution is -2.31. The van der Waals surface area contributed by atoms with Crippen molar-refractivity contribution in [3.05, 3.63) is 0 Å². The van der Waals surface area contributed by atoms with Crippen LogP contribution in [0, 0.1) is 0 Å². The zero-order chi connectivity index (χ0) is 7.98. The minimum absolute atomic E-state index is 0.0200. The molecule has 0 fully saturated rings.